The molecule has 0 aliphatic heterocycles. The van der Waals surface area contributed by atoms with Crippen LogP contribution in [0.25, 0.3) is 5.69 Å². The molecule has 4 N–H and O–H groups in total. The van der Waals surface area contributed by atoms with Gasteiger partial charge in [-0.25, -0.2) is 4.79 Å². The second-order valence-corrected chi connectivity index (χ2v) is 6.27. The minimum Gasteiger partial charge on any atom is -0.504 e. The van der Waals surface area contributed by atoms with E-state index in [0.717, 1.165) is 23.9 Å². The lowest BCUT2D eigenvalue weighted by Crippen LogP contribution is -2.12. The number of phenols is 1. The van der Waals surface area contributed by atoms with Gasteiger partial charge in [0, 0.05) is 6.20 Å². The Labute approximate surface area is 137 Å². The van der Waals surface area contributed by atoms with Crippen molar-refractivity contribution in [1.82, 2.24) is 4.57 Å². The molecule has 2 rings (SSSR count). The molecule has 0 aliphatic carbocycles. The molecule has 1 heterocycles. The van der Waals surface area contributed by atoms with Gasteiger partial charge in [0.05, 0.1) is 24.0 Å². The molecule has 1 aromatic heterocycles. The predicted molar refractivity (Wildman–Crippen MR) is 82.5 cm³/mol. The van der Waals surface area contributed by atoms with Crippen LogP contribution in [0.5, 0.6) is 5.75 Å². The van der Waals surface area contributed by atoms with Crippen molar-refractivity contribution < 1.29 is 27.6 Å². The summed E-state index contributed by atoms with van der Waals surface area (Å²) < 4.78 is 37.7. The molecule has 0 radical (unpaired) electrons. The highest BCUT2D eigenvalue weighted by Crippen LogP contribution is 2.34. The predicted octanol–water partition coefficient (Wildman–Crippen LogP) is 0.979. The van der Waals surface area contributed by atoms with Gasteiger partial charge < -0.3 is 20.1 Å². The van der Waals surface area contributed by atoms with Crippen LogP contribution in [0.4, 0.5) is 5.69 Å². The van der Waals surface area contributed by atoms with E-state index in [1.807, 2.05) is 0 Å². The van der Waals surface area contributed by atoms with Crippen LogP contribution in [0, 0.1) is 18.3 Å². The molecule has 10 heteroatoms. The van der Waals surface area contributed by atoms with Crippen LogP contribution in [-0.2, 0) is 14.9 Å². The first kappa shape index (κ1) is 17.3. The third-order valence-corrected chi connectivity index (χ3v) is 4.15. The molecule has 0 saturated carbocycles. The summed E-state index contributed by atoms with van der Waals surface area (Å²) >= 11 is 0. The minimum absolute atomic E-state index is 0.0651. The average molecular weight is 351 g/mol. The molecule has 9 nitrogen and oxygen atoms in total. The van der Waals surface area contributed by atoms with Crippen LogP contribution in [0.15, 0.2) is 23.2 Å². The summed E-state index contributed by atoms with van der Waals surface area (Å²) in [6.45, 7) is 1.52. The number of rotatable bonds is 3. The monoisotopic (exact) mass is 351 g/mol. The lowest BCUT2D eigenvalue weighted by atomic mass is 10.2. The van der Waals surface area contributed by atoms with Gasteiger partial charge in [-0.15, -0.1) is 0 Å². The third kappa shape index (κ3) is 2.78. The first-order valence-corrected chi connectivity index (χ1v) is 7.86. The molecule has 0 atom stereocenters. The number of aromatic hydroxyl groups is 1. The second kappa shape index (κ2) is 5.88. The number of esters is 1. The Morgan fingerprint density at radius 2 is 2.04 bits per heavy atom. The SMILES string of the molecule is COC(=O)c1c(N)c(C#N)cn1-c1cc(C)cc(S(=O)(=O)O)c1O. The smallest absolute Gasteiger partial charge is 0.357 e. The van der Waals surface area contributed by atoms with Gasteiger partial charge in [0.1, 0.15) is 11.0 Å². The van der Waals surface area contributed by atoms with Crippen molar-refractivity contribution in [3.05, 3.63) is 35.2 Å². The van der Waals surface area contributed by atoms with Crippen LogP contribution >= 0.6 is 0 Å². The minimum atomic E-state index is -4.71. The summed E-state index contributed by atoms with van der Waals surface area (Å²) in [6.07, 6.45) is 1.16. The quantitative estimate of drug-likeness (QED) is 0.545. The van der Waals surface area contributed by atoms with Gasteiger partial charge in [0.2, 0.25) is 0 Å². The Hall–Kier alpha value is -3.03. The molecule has 126 valence electrons. The summed E-state index contributed by atoms with van der Waals surface area (Å²) in [5, 5.41) is 19.3. The van der Waals surface area contributed by atoms with Gasteiger partial charge >= 0.3 is 5.97 Å². The molecule has 2 aromatic rings. The van der Waals surface area contributed by atoms with Crippen molar-refractivity contribution >= 4 is 21.8 Å². The van der Waals surface area contributed by atoms with Crippen molar-refractivity contribution in [1.29, 1.82) is 5.26 Å². The number of anilines is 1. The van der Waals surface area contributed by atoms with E-state index in [4.69, 9.17) is 11.0 Å². The number of aryl methyl sites for hydroxylation is 1. The summed E-state index contributed by atoms with van der Waals surface area (Å²) in [5.41, 5.74) is 5.46. The summed E-state index contributed by atoms with van der Waals surface area (Å²) in [5.74, 6) is -1.68. The van der Waals surface area contributed by atoms with Crippen LogP contribution in [-0.4, -0.2) is 35.7 Å². The van der Waals surface area contributed by atoms with Crippen molar-refractivity contribution in [3.63, 3.8) is 0 Å². The topological polar surface area (TPSA) is 156 Å². The third-order valence-electron chi connectivity index (χ3n) is 3.28. The van der Waals surface area contributed by atoms with Gasteiger partial charge in [-0.05, 0) is 24.6 Å². The Kier molecular flexibility index (Phi) is 4.24. The highest BCUT2D eigenvalue weighted by Gasteiger charge is 2.26. The molecule has 0 bridgehead atoms. The molecule has 0 spiro atoms. The van der Waals surface area contributed by atoms with Crippen LogP contribution in [0.2, 0.25) is 0 Å². The van der Waals surface area contributed by atoms with Crippen molar-refractivity contribution in [2.45, 2.75) is 11.8 Å². The first-order chi connectivity index (χ1) is 11.1. The number of hydrogen-bond donors (Lipinski definition) is 3. The van der Waals surface area contributed by atoms with Crippen LogP contribution < -0.4 is 5.73 Å². The fourth-order valence-corrected chi connectivity index (χ4v) is 2.90. The van der Waals surface area contributed by atoms with E-state index >= 15 is 0 Å². The van der Waals surface area contributed by atoms with Crippen molar-refractivity contribution in [2.75, 3.05) is 12.8 Å². The average Bonchev–Trinajstić information content (AvgIpc) is 2.84. The lowest BCUT2D eigenvalue weighted by Gasteiger charge is -2.13. The maximum absolute atomic E-state index is 12.0. The Morgan fingerprint density at radius 3 is 2.54 bits per heavy atom. The molecule has 0 amide bonds. The standard InChI is InChI=1S/C14H13N3O6S/c1-7-3-9(13(18)10(4-7)24(20,21)22)17-6-8(5-15)11(16)12(17)14(19)23-2/h3-4,6,18H,16H2,1-2H3,(H,20,21,22). The van der Waals surface area contributed by atoms with Crippen LogP contribution in [0.1, 0.15) is 21.6 Å². The van der Waals surface area contributed by atoms with Gasteiger partial charge in [0.15, 0.2) is 11.4 Å². The summed E-state index contributed by atoms with van der Waals surface area (Å²) in [4.78, 5) is 11.2. The normalized spacial score (nSPS) is 11.1. The van der Waals surface area contributed by atoms with E-state index in [1.54, 1.807) is 6.07 Å². The number of aromatic nitrogens is 1. The highest BCUT2D eigenvalue weighted by atomic mass is 32.2. The molecule has 24 heavy (non-hydrogen) atoms. The zero-order valence-corrected chi connectivity index (χ0v) is 13.5. The number of nitrogen functional groups attached to an aromatic ring is 1. The van der Waals surface area contributed by atoms with E-state index < -0.39 is 26.7 Å². The number of hydrogen-bond acceptors (Lipinski definition) is 7. The number of benzene rings is 1. The fourth-order valence-electron chi connectivity index (χ4n) is 2.21. The molecular formula is C14H13N3O6S. The Bertz CT molecular complexity index is 985. The number of ether oxygens (including phenoxy) is 1. The molecule has 0 fully saturated rings. The Balaban J connectivity index is 2.91. The van der Waals surface area contributed by atoms with E-state index in [-0.39, 0.29) is 22.6 Å². The lowest BCUT2D eigenvalue weighted by molar-refractivity contribution is 0.0593. The van der Waals surface area contributed by atoms with Gasteiger partial charge in [-0.1, -0.05) is 0 Å². The van der Waals surface area contributed by atoms with E-state index in [0.29, 0.717) is 5.56 Å². The fraction of sp³-hybridized carbons (Fsp3) is 0.143. The van der Waals surface area contributed by atoms with Crippen molar-refractivity contribution in [2.24, 2.45) is 0 Å². The molecule has 0 aliphatic rings. The number of methoxy groups -OCH3 is 1. The van der Waals surface area contributed by atoms with Gasteiger partial charge in [-0.2, -0.15) is 13.7 Å². The highest BCUT2D eigenvalue weighted by molar-refractivity contribution is 7.86. The number of phenolic OH excluding ortho intramolecular Hbond substituents is 1. The van der Waals surface area contributed by atoms with Crippen molar-refractivity contribution in [3.8, 4) is 17.5 Å². The van der Waals surface area contributed by atoms with Gasteiger partial charge in [0.25, 0.3) is 10.1 Å². The van der Waals surface area contributed by atoms with Crippen LogP contribution in [0.3, 0.4) is 0 Å². The molecule has 0 unspecified atom stereocenters. The number of nitrogens with zero attached hydrogens (tertiary/aromatic N) is 2. The summed E-state index contributed by atoms with van der Waals surface area (Å²) in [6, 6.07) is 4.20. The zero-order chi connectivity index (χ0) is 18.2. The van der Waals surface area contributed by atoms with E-state index in [9.17, 15) is 22.9 Å². The second-order valence-electron chi connectivity index (χ2n) is 4.88. The first-order valence-electron chi connectivity index (χ1n) is 6.42. The van der Waals surface area contributed by atoms with E-state index in [1.165, 1.54) is 13.0 Å². The molecule has 0 saturated heterocycles. The van der Waals surface area contributed by atoms with Gasteiger partial charge in [-0.3, -0.25) is 4.55 Å². The molecular weight excluding hydrogens is 338 g/mol. The van der Waals surface area contributed by atoms with E-state index in [2.05, 4.69) is 4.74 Å². The number of carbonyl (C=O) groups excluding carboxylic acids is 1. The number of nitrogens with two attached hydrogens (primary N) is 1. The maximum Gasteiger partial charge on any atom is 0.357 e. The number of carbonyl (C=O) groups is 1. The summed E-state index contributed by atoms with van der Waals surface area (Å²) in [7, 11) is -3.61. The number of nitriles is 1. The largest absolute Gasteiger partial charge is 0.504 e. The maximum atomic E-state index is 12.0. The zero-order valence-electron chi connectivity index (χ0n) is 12.6. The Morgan fingerprint density at radius 1 is 1.42 bits per heavy atom. The molecule has 1 aromatic carbocycles.